The summed E-state index contributed by atoms with van der Waals surface area (Å²) in [5.74, 6) is 0. The minimum Gasteiger partial charge on any atom is -0.311 e. The molecule has 0 aliphatic heterocycles. The average molecular weight is 302 g/mol. The highest BCUT2D eigenvalue weighted by molar-refractivity contribution is 6.31. The van der Waals surface area contributed by atoms with E-state index in [1.54, 1.807) is 0 Å². The van der Waals surface area contributed by atoms with Gasteiger partial charge in [-0.2, -0.15) is 0 Å². The van der Waals surface area contributed by atoms with Crippen molar-refractivity contribution in [3.8, 4) is 0 Å². The maximum Gasteiger partial charge on any atom is 0.0438 e. The van der Waals surface area contributed by atoms with Crippen molar-refractivity contribution >= 4 is 11.6 Å². The van der Waals surface area contributed by atoms with Crippen LogP contribution in [0.5, 0.6) is 0 Å². The van der Waals surface area contributed by atoms with E-state index < -0.39 is 0 Å². The van der Waals surface area contributed by atoms with Crippen LogP contribution in [0.1, 0.15) is 31.4 Å². The van der Waals surface area contributed by atoms with Gasteiger partial charge in [0, 0.05) is 17.1 Å². The third-order valence-corrected chi connectivity index (χ3v) is 4.19. The van der Waals surface area contributed by atoms with Gasteiger partial charge in [-0.1, -0.05) is 67.1 Å². The molecule has 2 aromatic rings. The molecule has 0 bridgehead atoms. The first-order valence-electron chi connectivity index (χ1n) is 7.72. The third kappa shape index (κ3) is 5.18. The van der Waals surface area contributed by atoms with E-state index in [-0.39, 0.29) is 0 Å². The maximum absolute atomic E-state index is 6.24. The average Bonchev–Trinajstić information content (AvgIpc) is 2.50. The van der Waals surface area contributed by atoms with E-state index in [0.717, 1.165) is 24.3 Å². The van der Waals surface area contributed by atoms with Crippen molar-refractivity contribution in [2.45, 2.75) is 45.2 Å². The molecule has 21 heavy (non-hydrogen) atoms. The van der Waals surface area contributed by atoms with Gasteiger partial charge in [0.1, 0.15) is 0 Å². The lowest BCUT2D eigenvalue weighted by molar-refractivity contribution is 0.429. The minimum absolute atomic E-state index is 0.415. The monoisotopic (exact) mass is 301 g/mol. The van der Waals surface area contributed by atoms with Gasteiger partial charge in [-0.3, -0.25) is 0 Å². The van der Waals surface area contributed by atoms with Gasteiger partial charge in [-0.15, -0.1) is 0 Å². The van der Waals surface area contributed by atoms with Crippen LogP contribution in [0.15, 0.2) is 54.6 Å². The molecular weight excluding hydrogens is 278 g/mol. The first kappa shape index (κ1) is 16.1. The Hall–Kier alpha value is -1.31. The lowest BCUT2D eigenvalue weighted by Gasteiger charge is -2.23. The molecule has 2 aromatic carbocycles. The van der Waals surface area contributed by atoms with Crippen LogP contribution in [0, 0.1) is 0 Å². The topological polar surface area (TPSA) is 12.0 Å². The highest BCUT2D eigenvalue weighted by atomic mass is 35.5. The van der Waals surface area contributed by atoms with Crippen LogP contribution >= 0.6 is 11.6 Å². The second kappa shape index (κ2) is 8.21. The highest BCUT2D eigenvalue weighted by Gasteiger charge is 2.12. The molecule has 0 radical (unpaired) electrons. The minimum atomic E-state index is 0.415. The molecule has 2 unspecified atom stereocenters. The number of hydrogen-bond acceptors (Lipinski definition) is 1. The van der Waals surface area contributed by atoms with Gasteiger partial charge in [0.25, 0.3) is 0 Å². The summed E-state index contributed by atoms with van der Waals surface area (Å²) >= 11 is 6.24. The molecule has 0 saturated heterocycles. The van der Waals surface area contributed by atoms with Crippen LogP contribution in [0.2, 0.25) is 5.02 Å². The van der Waals surface area contributed by atoms with E-state index in [0.29, 0.717) is 12.1 Å². The Morgan fingerprint density at radius 2 is 1.62 bits per heavy atom. The predicted molar refractivity (Wildman–Crippen MR) is 92.0 cm³/mol. The fourth-order valence-electron chi connectivity index (χ4n) is 2.67. The Bertz CT molecular complexity index is 538. The van der Waals surface area contributed by atoms with Gasteiger partial charge < -0.3 is 5.32 Å². The highest BCUT2D eigenvalue weighted by Crippen LogP contribution is 2.17. The van der Waals surface area contributed by atoms with E-state index >= 15 is 0 Å². The van der Waals surface area contributed by atoms with Crippen LogP contribution in [-0.4, -0.2) is 12.1 Å². The summed E-state index contributed by atoms with van der Waals surface area (Å²) in [6.45, 7) is 4.47. The third-order valence-electron chi connectivity index (χ3n) is 3.82. The molecule has 0 spiro atoms. The van der Waals surface area contributed by atoms with Crippen molar-refractivity contribution < 1.29 is 0 Å². The van der Waals surface area contributed by atoms with Crippen LogP contribution in [0.25, 0.3) is 0 Å². The molecule has 0 heterocycles. The van der Waals surface area contributed by atoms with E-state index in [2.05, 4.69) is 61.6 Å². The standard InChI is InChI=1S/C19H24ClN/c1-3-18(14-16-9-5-4-6-10-16)21-15(2)13-17-11-7-8-12-19(17)20/h4-12,15,18,21H,3,13-14H2,1-2H3. The second-order valence-electron chi connectivity index (χ2n) is 5.66. The Kier molecular flexibility index (Phi) is 6.28. The van der Waals surface area contributed by atoms with Crippen molar-refractivity contribution in [1.29, 1.82) is 0 Å². The lowest BCUT2D eigenvalue weighted by Crippen LogP contribution is -2.38. The molecule has 0 amide bonds. The zero-order valence-electron chi connectivity index (χ0n) is 12.9. The number of benzene rings is 2. The number of nitrogens with one attached hydrogen (secondary N) is 1. The van der Waals surface area contributed by atoms with Gasteiger partial charge >= 0.3 is 0 Å². The summed E-state index contributed by atoms with van der Waals surface area (Å²) < 4.78 is 0. The number of halogens is 1. The van der Waals surface area contributed by atoms with Gasteiger partial charge in [-0.05, 0) is 43.4 Å². The summed E-state index contributed by atoms with van der Waals surface area (Å²) in [6.07, 6.45) is 3.16. The molecule has 2 rings (SSSR count). The Morgan fingerprint density at radius 1 is 0.952 bits per heavy atom. The largest absolute Gasteiger partial charge is 0.311 e. The molecule has 2 atom stereocenters. The predicted octanol–water partition coefficient (Wildman–Crippen LogP) is 4.88. The fourth-order valence-corrected chi connectivity index (χ4v) is 2.89. The van der Waals surface area contributed by atoms with Crippen molar-refractivity contribution in [3.63, 3.8) is 0 Å². The molecular formula is C19H24ClN. The first-order valence-corrected chi connectivity index (χ1v) is 8.10. The summed E-state index contributed by atoms with van der Waals surface area (Å²) in [7, 11) is 0. The van der Waals surface area contributed by atoms with E-state index in [1.165, 1.54) is 11.1 Å². The van der Waals surface area contributed by atoms with Crippen molar-refractivity contribution in [2.24, 2.45) is 0 Å². The zero-order chi connectivity index (χ0) is 15.1. The maximum atomic E-state index is 6.24. The first-order chi connectivity index (χ1) is 10.2. The molecule has 0 aliphatic rings. The van der Waals surface area contributed by atoms with Gasteiger partial charge in [0.15, 0.2) is 0 Å². The Labute approximate surface area is 133 Å². The molecule has 1 N–H and O–H groups in total. The van der Waals surface area contributed by atoms with Gasteiger partial charge in [0.2, 0.25) is 0 Å². The molecule has 0 aromatic heterocycles. The van der Waals surface area contributed by atoms with Crippen LogP contribution in [0.3, 0.4) is 0 Å². The molecule has 2 heteroatoms. The smallest absolute Gasteiger partial charge is 0.0438 e. The van der Waals surface area contributed by atoms with Crippen LogP contribution < -0.4 is 5.32 Å². The molecule has 112 valence electrons. The van der Waals surface area contributed by atoms with E-state index in [9.17, 15) is 0 Å². The van der Waals surface area contributed by atoms with E-state index in [4.69, 9.17) is 11.6 Å². The molecule has 0 saturated carbocycles. The number of rotatable bonds is 7. The van der Waals surface area contributed by atoms with Gasteiger partial charge in [-0.25, -0.2) is 0 Å². The lowest BCUT2D eigenvalue weighted by atomic mass is 10.0. The normalized spacial score (nSPS) is 13.9. The van der Waals surface area contributed by atoms with Crippen molar-refractivity contribution in [3.05, 3.63) is 70.7 Å². The SMILES string of the molecule is CCC(Cc1ccccc1)NC(C)Cc1ccccc1Cl. The van der Waals surface area contributed by atoms with Crippen LogP contribution in [-0.2, 0) is 12.8 Å². The quantitative estimate of drug-likeness (QED) is 0.768. The molecule has 1 nitrogen and oxygen atoms in total. The Morgan fingerprint density at radius 3 is 2.29 bits per heavy atom. The summed E-state index contributed by atoms with van der Waals surface area (Å²) in [6, 6.07) is 19.7. The van der Waals surface area contributed by atoms with Crippen molar-refractivity contribution in [2.75, 3.05) is 0 Å². The molecule has 0 fully saturated rings. The van der Waals surface area contributed by atoms with Crippen molar-refractivity contribution in [1.82, 2.24) is 5.32 Å². The molecule has 0 aliphatic carbocycles. The Balaban J connectivity index is 1.91. The summed E-state index contributed by atoms with van der Waals surface area (Å²) in [5, 5.41) is 4.60. The second-order valence-corrected chi connectivity index (χ2v) is 6.07. The number of hydrogen-bond donors (Lipinski definition) is 1. The van der Waals surface area contributed by atoms with E-state index in [1.807, 2.05) is 12.1 Å². The zero-order valence-corrected chi connectivity index (χ0v) is 13.6. The fraction of sp³-hybridized carbons (Fsp3) is 0.368. The summed E-state index contributed by atoms with van der Waals surface area (Å²) in [5.41, 5.74) is 2.61. The summed E-state index contributed by atoms with van der Waals surface area (Å²) in [4.78, 5) is 0. The van der Waals surface area contributed by atoms with Gasteiger partial charge in [0.05, 0.1) is 0 Å². The van der Waals surface area contributed by atoms with Crippen LogP contribution in [0.4, 0.5) is 0 Å².